The molecule has 2 aliphatic carbocycles. The molecule has 0 saturated heterocycles. The fourth-order valence-corrected chi connectivity index (χ4v) is 5.01. The van der Waals surface area contributed by atoms with Gasteiger partial charge in [0.1, 0.15) is 18.2 Å². The number of benzene rings is 2. The van der Waals surface area contributed by atoms with E-state index in [9.17, 15) is 19.2 Å². The number of ketones is 2. The first-order valence-electron chi connectivity index (χ1n) is 14.2. The van der Waals surface area contributed by atoms with E-state index in [0.717, 1.165) is 0 Å². The van der Waals surface area contributed by atoms with Gasteiger partial charge in [0.15, 0.2) is 0 Å². The summed E-state index contributed by atoms with van der Waals surface area (Å²) >= 11 is 0. The third kappa shape index (κ3) is 8.99. The molecule has 1 N–H and O–H groups in total. The first-order chi connectivity index (χ1) is 19.4. The van der Waals surface area contributed by atoms with Gasteiger partial charge in [-0.05, 0) is 69.7 Å². The fraction of sp³-hybridized carbons (Fsp3) is 0.529. The SMILES string of the molecule is C.CC1C(=O)CCC1=O.COC(=O)C(C)(C)CCOC(C)(C)CCNC(=O)OCC1c2ccccc2-c2ccccc21. The lowest BCUT2D eigenvalue weighted by Gasteiger charge is -2.28. The van der Waals surface area contributed by atoms with Crippen molar-refractivity contribution in [2.45, 2.75) is 79.2 Å². The predicted octanol–water partition coefficient (Wildman–Crippen LogP) is 6.49. The zero-order chi connectivity index (χ0) is 30.2. The molecule has 230 valence electrons. The number of carbonyl (C=O) groups is 4. The van der Waals surface area contributed by atoms with Gasteiger partial charge < -0.3 is 19.5 Å². The molecule has 2 aliphatic rings. The van der Waals surface area contributed by atoms with Crippen LogP contribution in [-0.2, 0) is 28.6 Å². The molecule has 1 saturated carbocycles. The van der Waals surface area contributed by atoms with Gasteiger partial charge in [-0.1, -0.05) is 56.0 Å². The van der Waals surface area contributed by atoms with E-state index in [-0.39, 0.29) is 36.8 Å². The Bertz CT molecular complexity index is 1190. The quantitative estimate of drug-likeness (QED) is 0.252. The lowest BCUT2D eigenvalue weighted by atomic mass is 9.90. The highest BCUT2D eigenvalue weighted by Gasteiger charge is 2.31. The van der Waals surface area contributed by atoms with Gasteiger partial charge >= 0.3 is 12.1 Å². The van der Waals surface area contributed by atoms with Crippen molar-refractivity contribution in [1.82, 2.24) is 5.32 Å². The second-order valence-electron chi connectivity index (χ2n) is 11.9. The Hall–Kier alpha value is -3.52. The van der Waals surface area contributed by atoms with Crippen LogP contribution in [-0.4, -0.2) is 56.1 Å². The van der Waals surface area contributed by atoms with E-state index in [1.54, 1.807) is 6.92 Å². The van der Waals surface area contributed by atoms with Crippen LogP contribution in [0.2, 0.25) is 0 Å². The minimum absolute atomic E-state index is 0. The number of esters is 1. The molecule has 0 aliphatic heterocycles. The largest absolute Gasteiger partial charge is 0.469 e. The number of Topliss-reactive ketones (excluding diaryl/α,β-unsaturated/α-hetero) is 2. The molecule has 8 nitrogen and oxygen atoms in total. The standard InChI is InChI=1S/C27H35NO5.C6H8O2.CH4/c1-26(2,24(29)31-5)15-17-33-27(3,4)14-16-28-25(30)32-18-23-21-12-8-6-10-19(21)20-11-7-9-13-22(20)23;1-4-5(7)2-3-6(4)8;/h6-13,23H,14-18H2,1-5H3,(H,28,30);4H,2-3H2,1H3;1H4. The van der Waals surface area contributed by atoms with Crippen molar-refractivity contribution in [2.75, 3.05) is 26.9 Å². The summed E-state index contributed by atoms with van der Waals surface area (Å²) in [5.41, 5.74) is 3.76. The van der Waals surface area contributed by atoms with E-state index in [4.69, 9.17) is 14.2 Å². The van der Waals surface area contributed by atoms with Gasteiger partial charge in [-0.25, -0.2) is 4.79 Å². The minimum Gasteiger partial charge on any atom is -0.469 e. The van der Waals surface area contributed by atoms with Gasteiger partial charge in [0.05, 0.1) is 24.0 Å². The Labute approximate surface area is 250 Å². The molecule has 8 heteroatoms. The third-order valence-corrected chi connectivity index (χ3v) is 7.88. The smallest absolute Gasteiger partial charge is 0.407 e. The number of carbonyl (C=O) groups excluding carboxylic acids is 4. The van der Waals surface area contributed by atoms with Crippen molar-refractivity contribution in [3.8, 4) is 11.1 Å². The molecule has 2 aromatic rings. The maximum atomic E-state index is 12.3. The number of hydrogen-bond acceptors (Lipinski definition) is 7. The molecule has 0 spiro atoms. The molecular formula is C34H47NO7. The van der Waals surface area contributed by atoms with Crippen LogP contribution >= 0.6 is 0 Å². The lowest BCUT2D eigenvalue weighted by molar-refractivity contribution is -0.152. The highest BCUT2D eigenvalue weighted by Crippen LogP contribution is 2.44. The number of methoxy groups -OCH3 is 1. The molecule has 0 heterocycles. The average molecular weight is 582 g/mol. The number of alkyl carbamates (subject to hydrolysis) is 1. The Kier molecular flexibility index (Phi) is 12.5. The third-order valence-electron chi connectivity index (χ3n) is 7.88. The molecule has 0 atom stereocenters. The molecule has 0 unspecified atom stereocenters. The Balaban J connectivity index is 0.000000591. The van der Waals surface area contributed by atoms with Crippen LogP contribution in [0.1, 0.15) is 84.8 Å². The maximum absolute atomic E-state index is 12.3. The van der Waals surface area contributed by atoms with E-state index in [0.29, 0.717) is 45.4 Å². The zero-order valence-electron chi connectivity index (χ0n) is 25.1. The number of fused-ring (bicyclic) bond motifs is 3. The average Bonchev–Trinajstić information content (AvgIpc) is 3.42. The molecule has 0 aromatic heterocycles. The number of amides is 1. The number of hydrogen-bond donors (Lipinski definition) is 1. The Morgan fingerprint density at radius 3 is 1.88 bits per heavy atom. The van der Waals surface area contributed by atoms with Crippen molar-refractivity contribution in [2.24, 2.45) is 11.3 Å². The van der Waals surface area contributed by atoms with Crippen molar-refractivity contribution in [3.05, 3.63) is 59.7 Å². The van der Waals surface area contributed by atoms with E-state index >= 15 is 0 Å². The summed E-state index contributed by atoms with van der Waals surface area (Å²) < 4.78 is 16.4. The van der Waals surface area contributed by atoms with Gasteiger partial charge in [0, 0.05) is 31.9 Å². The molecule has 0 bridgehead atoms. The highest BCUT2D eigenvalue weighted by atomic mass is 16.5. The van der Waals surface area contributed by atoms with E-state index < -0.39 is 17.1 Å². The van der Waals surface area contributed by atoms with E-state index in [2.05, 4.69) is 29.6 Å². The summed E-state index contributed by atoms with van der Waals surface area (Å²) in [7, 11) is 1.39. The van der Waals surface area contributed by atoms with Gasteiger partial charge in [-0.15, -0.1) is 0 Å². The van der Waals surface area contributed by atoms with Crippen molar-refractivity contribution in [3.63, 3.8) is 0 Å². The molecule has 0 radical (unpaired) electrons. The predicted molar refractivity (Wildman–Crippen MR) is 163 cm³/mol. The maximum Gasteiger partial charge on any atom is 0.407 e. The van der Waals surface area contributed by atoms with Crippen molar-refractivity contribution >= 4 is 23.6 Å². The van der Waals surface area contributed by atoms with Gasteiger partial charge in [-0.2, -0.15) is 0 Å². The number of rotatable bonds is 10. The van der Waals surface area contributed by atoms with E-state index in [1.807, 2.05) is 52.0 Å². The molecule has 42 heavy (non-hydrogen) atoms. The van der Waals surface area contributed by atoms with Crippen LogP contribution in [0, 0.1) is 11.3 Å². The zero-order valence-corrected chi connectivity index (χ0v) is 25.1. The molecule has 2 aromatic carbocycles. The summed E-state index contributed by atoms with van der Waals surface area (Å²) in [5.74, 6) is -0.290. The fourth-order valence-electron chi connectivity index (χ4n) is 5.01. The summed E-state index contributed by atoms with van der Waals surface area (Å²) in [6.45, 7) is 10.5. The summed E-state index contributed by atoms with van der Waals surface area (Å²) in [4.78, 5) is 45.3. The van der Waals surface area contributed by atoms with Crippen molar-refractivity contribution in [1.29, 1.82) is 0 Å². The minimum atomic E-state index is -0.593. The first-order valence-corrected chi connectivity index (χ1v) is 14.2. The normalized spacial score (nSPS) is 14.7. The molecule has 4 rings (SSSR count). The van der Waals surface area contributed by atoms with Crippen molar-refractivity contribution < 1.29 is 33.4 Å². The summed E-state index contributed by atoms with van der Waals surface area (Å²) in [6.07, 6.45) is 1.69. The molecule has 1 amide bonds. The number of ether oxygens (including phenoxy) is 3. The van der Waals surface area contributed by atoms with Crippen LogP contribution in [0.4, 0.5) is 4.79 Å². The van der Waals surface area contributed by atoms with E-state index in [1.165, 1.54) is 29.4 Å². The monoisotopic (exact) mass is 581 g/mol. The van der Waals surface area contributed by atoms with Crippen LogP contribution in [0.25, 0.3) is 11.1 Å². The van der Waals surface area contributed by atoms with Crippen LogP contribution in [0.15, 0.2) is 48.5 Å². The first kappa shape index (κ1) is 34.7. The van der Waals surface area contributed by atoms with Crippen LogP contribution in [0.3, 0.4) is 0 Å². The van der Waals surface area contributed by atoms with Gasteiger partial charge in [-0.3, -0.25) is 14.4 Å². The Morgan fingerprint density at radius 2 is 1.40 bits per heavy atom. The second kappa shape index (κ2) is 15.1. The van der Waals surface area contributed by atoms with Crippen LogP contribution < -0.4 is 5.32 Å². The second-order valence-corrected chi connectivity index (χ2v) is 11.9. The number of nitrogens with one attached hydrogen (secondary N) is 1. The van der Waals surface area contributed by atoms with Gasteiger partial charge in [0.25, 0.3) is 0 Å². The summed E-state index contributed by atoms with van der Waals surface area (Å²) in [5, 5.41) is 2.83. The van der Waals surface area contributed by atoms with Crippen LogP contribution in [0.5, 0.6) is 0 Å². The molecular weight excluding hydrogens is 534 g/mol. The van der Waals surface area contributed by atoms with Gasteiger partial charge in [0.2, 0.25) is 0 Å². The summed E-state index contributed by atoms with van der Waals surface area (Å²) in [6, 6.07) is 16.5. The Morgan fingerprint density at radius 1 is 0.881 bits per heavy atom. The highest BCUT2D eigenvalue weighted by molar-refractivity contribution is 6.08. The lowest BCUT2D eigenvalue weighted by Crippen LogP contribution is -2.35. The molecule has 1 fully saturated rings. The topological polar surface area (TPSA) is 108 Å².